The van der Waals surface area contributed by atoms with Crippen LogP contribution in [-0.4, -0.2) is 42.1 Å². The summed E-state index contributed by atoms with van der Waals surface area (Å²) in [7, 11) is 0. The lowest BCUT2D eigenvalue weighted by Crippen LogP contribution is -2.51. The predicted molar refractivity (Wildman–Crippen MR) is 90.7 cm³/mol. The summed E-state index contributed by atoms with van der Waals surface area (Å²) < 4.78 is 0. The summed E-state index contributed by atoms with van der Waals surface area (Å²) in [5.74, 6) is 0. The molecule has 110 valence electrons. The molecule has 0 spiro atoms. The number of nitrogens with zero attached hydrogens (tertiary/aromatic N) is 2. The highest BCUT2D eigenvalue weighted by Gasteiger charge is 2.23. The Balaban J connectivity index is 1.91. The Morgan fingerprint density at radius 1 is 1.25 bits per heavy atom. The minimum Gasteiger partial charge on any atom is -0.393 e. The Hall–Kier alpha value is -0.840. The monoisotopic (exact) mass is 311 g/mol. The van der Waals surface area contributed by atoms with Gasteiger partial charge in [0.1, 0.15) is 0 Å². The van der Waals surface area contributed by atoms with Crippen LogP contribution in [0.3, 0.4) is 0 Å². The van der Waals surface area contributed by atoms with E-state index in [0.717, 1.165) is 44.0 Å². The average molecular weight is 312 g/mol. The molecule has 2 N–H and O–H groups in total. The molecule has 0 aliphatic carbocycles. The summed E-state index contributed by atoms with van der Waals surface area (Å²) in [4.78, 5) is 5.53. The second kappa shape index (κ2) is 7.25. The van der Waals surface area contributed by atoms with E-state index in [1.54, 1.807) is 0 Å². The molecule has 1 heterocycles. The Morgan fingerprint density at radius 3 is 2.35 bits per heavy atom. The zero-order valence-corrected chi connectivity index (χ0v) is 13.5. The second-order valence-electron chi connectivity index (χ2n) is 5.23. The van der Waals surface area contributed by atoms with Gasteiger partial charge in [-0.25, -0.2) is 0 Å². The molecule has 1 aliphatic rings. The predicted octanol–water partition coefficient (Wildman–Crippen LogP) is 2.92. The van der Waals surface area contributed by atoms with Crippen molar-refractivity contribution >= 4 is 34.5 Å². The molecule has 1 aromatic carbocycles. The number of halogens is 1. The molecular weight excluding hydrogens is 290 g/mol. The van der Waals surface area contributed by atoms with Crippen LogP contribution >= 0.6 is 23.8 Å². The maximum absolute atomic E-state index is 5.93. The molecule has 20 heavy (non-hydrogen) atoms. The zero-order chi connectivity index (χ0) is 14.5. The van der Waals surface area contributed by atoms with Crippen molar-refractivity contribution < 1.29 is 0 Å². The van der Waals surface area contributed by atoms with Crippen LogP contribution in [-0.2, 0) is 0 Å². The first kappa shape index (κ1) is 15.5. The third-order valence-electron chi connectivity index (χ3n) is 3.93. The van der Waals surface area contributed by atoms with Gasteiger partial charge in [-0.2, -0.15) is 0 Å². The topological polar surface area (TPSA) is 32.5 Å². The molecule has 0 bridgehead atoms. The Kier molecular flexibility index (Phi) is 5.64. The average Bonchev–Trinajstić information content (AvgIpc) is 2.46. The van der Waals surface area contributed by atoms with Crippen molar-refractivity contribution in [2.45, 2.75) is 25.8 Å². The quantitative estimate of drug-likeness (QED) is 0.848. The van der Waals surface area contributed by atoms with Gasteiger partial charge in [0.05, 0.1) is 4.99 Å². The maximum atomic E-state index is 5.93. The van der Waals surface area contributed by atoms with E-state index < -0.39 is 0 Å². The Bertz CT molecular complexity index is 441. The van der Waals surface area contributed by atoms with Gasteiger partial charge in [0, 0.05) is 49.4 Å². The number of hydrogen-bond donors (Lipinski definition) is 1. The second-order valence-corrected chi connectivity index (χ2v) is 6.19. The van der Waals surface area contributed by atoms with Crippen molar-refractivity contribution in [3.8, 4) is 0 Å². The molecule has 1 unspecified atom stereocenters. The van der Waals surface area contributed by atoms with Crippen molar-refractivity contribution in [3.63, 3.8) is 0 Å². The summed E-state index contributed by atoms with van der Waals surface area (Å²) in [5.41, 5.74) is 6.94. The lowest BCUT2D eigenvalue weighted by atomic mass is 10.1. The van der Waals surface area contributed by atoms with Gasteiger partial charge in [0.25, 0.3) is 0 Å². The highest BCUT2D eigenvalue weighted by atomic mass is 35.5. The standard InChI is InChI=1S/C15H22ClN3S/c1-2-13(11-15(17)20)18-7-9-19(10-8-18)14-5-3-12(16)4-6-14/h3-6,13H,2,7-11H2,1H3,(H2,17,20). The van der Waals surface area contributed by atoms with E-state index in [1.807, 2.05) is 12.1 Å². The smallest absolute Gasteiger partial charge is 0.0743 e. The lowest BCUT2D eigenvalue weighted by molar-refractivity contribution is 0.184. The van der Waals surface area contributed by atoms with E-state index in [9.17, 15) is 0 Å². The summed E-state index contributed by atoms with van der Waals surface area (Å²) in [6.45, 7) is 6.40. The highest BCUT2D eigenvalue weighted by Crippen LogP contribution is 2.21. The fourth-order valence-corrected chi connectivity index (χ4v) is 3.08. The number of hydrogen-bond acceptors (Lipinski definition) is 3. The van der Waals surface area contributed by atoms with Crippen molar-refractivity contribution in [3.05, 3.63) is 29.3 Å². The van der Waals surface area contributed by atoms with Crippen LogP contribution in [0.1, 0.15) is 19.8 Å². The van der Waals surface area contributed by atoms with Crippen LogP contribution in [0.4, 0.5) is 5.69 Å². The lowest BCUT2D eigenvalue weighted by Gasteiger charge is -2.40. The number of nitrogens with two attached hydrogens (primary N) is 1. The maximum Gasteiger partial charge on any atom is 0.0743 e. The number of benzene rings is 1. The van der Waals surface area contributed by atoms with Gasteiger partial charge in [-0.05, 0) is 30.7 Å². The molecule has 0 saturated carbocycles. The molecule has 1 aromatic rings. The Labute approximate surface area is 131 Å². The fraction of sp³-hybridized carbons (Fsp3) is 0.533. The number of anilines is 1. The van der Waals surface area contributed by atoms with E-state index in [1.165, 1.54) is 5.69 Å². The third-order valence-corrected chi connectivity index (χ3v) is 4.35. The van der Waals surface area contributed by atoms with Crippen LogP contribution in [0.2, 0.25) is 5.02 Å². The number of thiocarbonyl (C=S) groups is 1. The van der Waals surface area contributed by atoms with E-state index in [0.29, 0.717) is 11.0 Å². The SMILES string of the molecule is CCC(CC(N)=S)N1CCN(c2ccc(Cl)cc2)CC1. The Morgan fingerprint density at radius 2 is 1.85 bits per heavy atom. The summed E-state index contributed by atoms with van der Waals surface area (Å²) in [6, 6.07) is 8.56. The number of rotatable bonds is 5. The molecule has 2 rings (SSSR count). The summed E-state index contributed by atoms with van der Waals surface area (Å²) >= 11 is 11.0. The largest absolute Gasteiger partial charge is 0.393 e. The molecular formula is C15H22ClN3S. The summed E-state index contributed by atoms with van der Waals surface area (Å²) in [5, 5.41) is 0.787. The van der Waals surface area contributed by atoms with Crippen molar-refractivity contribution in [1.29, 1.82) is 0 Å². The van der Waals surface area contributed by atoms with E-state index in [-0.39, 0.29) is 0 Å². The van der Waals surface area contributed by atoms with E-state index in [2.05, 4.69) is 28.9 Å². The van der Waals surface area contributed by atoms with Crippen molar-refractivity contribution in [2.75, 3.05) is 31.1 Å². The molecule has 3 nitrogen and oxygen atoms in total. The molecule has 0 radical (unpaired) electrons. The van der Waals surface area contributed by atoms with Gasteiger partial charge >= 0.3 is 0 Å². The minimum atomic E-state index is 0.486. The first-order valence-electron chi connectivity index (χ1n) is 7.13. The third kappa shape index (κ3) is 4.08. The molecule has 0 aromatic heterocycles. The van der Waals surface area contributed by atoms with E-state index in [4.69, 9.17) is 29.6 Å². The minimum absolute atomic E-state index is 0.486. The van der Waals surface area contributed by atoms with Gasteiger partial charge < -0.3 is 10.6 Å². The van der Waals surface area contributed by atoms with Crippen LogP contribution in [0.25, 0.3) is 0 Å². The molecule has 1 atom stereocenters. The van der Waals surface area contributed by atoms with Gasteiger partial charge in [-0.1, -0.05) is 30.7 Å². The van der Waals surface area contributed by atoms with Crippen LogP contribution < -0.4 is 10.6 Å². The summed E-state index contributed by atoms with van der Waals surface area (Å²) in [6.07, 6.45) is 1.92. The van der Waals surface area contributed by atoms with Crippen LogP contribution in [0.5, 0.6) is 0 Å². The first-order valence-corrected chi connectivity index (χ1v) is 7.91. The fourth-order valence-electron chi connectivity index (χ4n) is 2.76. The highest BCUT2D eigenvalue weighted by molar-refractivity contribution is 7.80. The molecule has 1 saturated heterocycles. The van der Waals surface area contributed by atoms with E-state index >= 15 is 0 Å². The molecule has 1 aliphatic heterocycles. The van der Waals surface area contributed by atoms with Gasteiger partial charge in [-0.3, -0.25) is 4.90 Å². The first-order chi connectivity index (χ1) is 9.60. The molecule has 5 heteroatoms. The molecule has 1 fully saturated rings. The molecule has 0 amide bonds. The van der Waals surface area contributed by atoms with Crippen LogP contribution in [0.15, 0.2) is 24.3 Å². The van der Waals surface area contributed by atoms with Gasteiger partial charge in [0.2, 0.25) is 0 Å². The normalized spacial score (nSPS) is 18.0. The van der Waals surface area contributed by atoms with Gasteiger partial charge in [-0.15, -0.1) is 0 Å². The number of piperazine rings is 1. The van der Waals surface area contributed by atoms with Crippen molar-refractivity contribution in [2.24, 2.45) is 5.73 Å². The van der Waals surface area contributed by atoms with Crippen molar-refractivity contribution in [1.82, 2.24) is 4.90 Å². The van der Waals surface area contributed by atoms with Gasteiger partial charge in [0.15, 0.2) is 0 Å². The van der Waals surface area contributed by atoms with Crippen LogP contribution in [0, 0.1) is 0 Å². The zero-order valence-electron chi connectivity index (χ0n) is 11.9.